The Bertz CT molecular complexity index is 305. The number of aliphatic hydroxyl groups excluding tert-OH is 1. The van der Waals surface area contributed by atoms with Gasteiger partial charge >= 0.3 is 0 Å². The van der Waals surface area contributed by atoms with Crippen LogP contribution in [0, 0.1) is 0 Å². The lowest BCUT2D eigenvalue weighted by atomic mass is 10.1. The predicted octanol–water partition coefficient (Wildman–Crippen LogP) is 0.893. The molecule has 1 fully saturated rings. The van der Waals surface area contributed by atoms with Crippen LogP contribution >= 0.6 is 0 Å². The Balaban J connectivity index is 1.80. The van der Waals surface area contributed by atoms with Gasteiger partial charge in [0.2, 0.25) is 0 Å². The molecule has 0 spiro atoms. The third-order valence-electron chi connectivity index (χ3n) is 2.98. The molecule has 84 valence electrons. The molecular weight excluding hydrogens is 192 g/mol. The van der Waals surface area contributed by atoms with Crippen LogP contribution in [0.25, 0.3) is 0 Å². The van der Waals surface area contributed by atoms with Crippen molar-refractivity contribution < 1.29 is 9.84 Å². The minimum atomic E-state index is -0.343. The van der Waals surface area contributed by atoms with Gasteiger partial charge in [-0.3, -0.25) is 0 Å². The number of aliphatic hydroxyl groups is 1. The normalized spacial score (nSPS) is 23.2. The first-order chi connectivity index (χ1) is 7.27. The molecule has 4 heteroatoms. The van der Waals surface area contributed by atoms with E-state index in [1.807, 2.05) is 17.8 Å². The zero-order valence-corrected chi connectivity index (χ0v) is 9.09. The summed E-state index contributed by atoms with van der Waals surface area (Å²) >= 11 is 0. The van der Waals surface area contributed by atoms with Gasteiger partial charge in [0, 0.05) is 32.5 Å². The quantitative estimate of drug-likeness (QED) is 0.803. The maximum absolute atomic E-state index is 9.88. The monoisotopic (exact) mass is 210 g/mol. The van der Waals surface area contributed by atoms with Crippen LogP contribution < -0.4 is 0 Å². The first-order valence-corrected chi connectivity index (χ1v) is 5.53. The average molecular weight is 210 g/mol. The molecule has 1 saturated heterocycles. The molecule has 0 aromatic carbocycles. The highest BCUT2D eigenvalue weighted by Gasteiger charge is 2.23. The van der Waals surface area contributed by atoms with E-state index < -0.39 is 0 Å². The second kappa shape index (κ2) is 4.77. The van der Waals surface area contributed by atoms with E-state index >= 15 is 0 Å². The van der Waals surface area contributed by atoms with Crippen LogP contribution in [0.3, 0.4) is 0 Å². The van der Waals surface area contributed by atoms with Crippen LogP contribution in [0.4, 0.5) is 0 Å². The summed E-state index contributed by atoms with van der Waals surface area (Å²) < 4.78 is 7.43. The number of aromatic nitrogens is 2. The summed E-state index contributed by atoms with van der Waals surface area (Å²) in [6, 6.07) is 0. The van der Waals surface area contributed by atoms with Crippen molar-refractivity contribution in [2.24, 2.45) is 7.05 Å². The minimum absolute atomic E-state index is 0.0465. The zero-order chi connectivity index (χ0) is 10.7. The number of rotatable bonds is 4. The van der Waals surface area contributed by atoms with Crippen molar-refractivity contribution in [2.75, 3.05) is 6.61 Å². The van der Waals surface area contributed by atoms with Crippen molar-refractivity contribution in [3.63, 3.8) is 0 Å². The molecule has 0 amide bonds. The van der Waals surface area contributed by atoms with Gasteiger partial charge in [-0.25, -0.2) is 4.98 Å². The summed E-state index contributed by atoms with van der Waals surface area (Å²) in [7, 11) is 1.97. The van der Waals surface area contributed by atoms with Gasteiger partial charge in [-0.15, -0.1) is 0 Å². The minimum Gasteiger partial charge on any atom is -0.390 e. The Morgan fingerprint density at radius 2 is 2.60 bits per heavy atom. The maximum Gasteiger partial charge on any atom is 0.108 e. The van der Waals surface area contributed by atoms with Gasteiger partial charge in [0.1, 0.15) is 5.82 Å². The van der Waals surface area contributed by atoms with Crippen LogP contribution in [-0.2, 0) is 18.2 Å². The lowest BCUT2D eigenvalue weighted by Gasteiger charge is -2.16. The Labute approximate surface area is 89.9 Å². The number of hydrogen-bond donors (Lipinski definition) is 1. The Morgan fingerprint density at radius 3 is 3.20 bits per heavy atom. The summed E-state index contributed by atoms with van der Waals surface area (Å²) in [6.07, 6.45) is 7.02. The predicted molar refractivity (Wildman–Crippen MR) is 56.5 cm³/mol. The van der Waals surface area contributed by atoms with Crippen molar-refractivity contribution in [3.05, 3.63) is 18.2 Å². The first kappa shape index (κ1) is 10.6. The molecule has 2 unspecified atom stereocenters. The molecule has 4 nitrogen and oxygen atoms in total. The van der Waals surface area contributed by atoms with Crippen molar-refractivity contribution >= 4 is 0 Å². The van der Waals surface area contributed by atoms with Gasteiger partial charge in [-0.05, 0) is 19.3 Å². The van der Waals surface area contributed by atoms with Crippen LogP contribution in [0.1, 0.15) is 25.1 Å². The molecule has 1 aromatic rings. The molecule has 1 aliphatic heterocycles. The molecule has 2 heterocycles. The van der Waals surface area contributed by atoms with E-state index in [1.54, 1.807) is 6.20 Å². The van der Waals surface area contributed by atoms with E-state index in [1.165, 1.54) is 0 Å². The van der Waals surface area contributed by atoms with Crippen LogP contribution in [0.15, 0.2) is 12.4 Å². The van der Waals surface area contributed by atoms with E-state index in [-0.39, 0.29) is 12.2 Å². The van der Waals surface area contributed by atoms with Crippen molar-refractivity contribution in [1.82, 2.24) is 9.55 Å². The summed E-state index contributed by atoms with van der Waals surface area (Å²) in [4.78, 5) is 4.23. The SMILES string of the molecule is Cn1ccnc1CCC(O)C1CCCO1. The molecule has 0 radical (unpaired) electrons. The summed E-state index contributed by atoms with van der Waals surface area (Å²) in [5, 5.41) is 9.88. The third kappa shape index (κ3) is 2.58. The van der Waals surface area contributed by atoms with Gasteiger partial charge in [0.15, 0.2) is 0 Å². The van der Waals surface area contributed by atoms with E-state index in [0.29, 0.717) is 0 Å². The van der Waals surface area contributed by atoms with Gasteiger partial charge in [0.25, 0.3) is 0 Å². The number of hydrogen-bond acceptors (Lipinski definition) is 3. The molecular formula is C11H18N2O2. The zero-order valence-electron chi connectivity index (χ0n) is 9.09. The van der Waals surface area contributed by atoms with Gasteiger partial charge in [-0.2, -0.15) is 0 Å². The van der Waals surface area contributed by atoms with Gasteiger partial charge in [0.05, 0.1) is 12.2 Å². The fourth-order valence-corrected chi connectivity index (χ4v) is 2.01. The highest BCUT2D eigenvalue weighted by molar-refractivity contribution is 4.92. The smallest absolute Gasteiger partial charge is 0.108 e. The second-order valence-electron chi connectivity index (χ2n) is 4.11. The molecule has 0 aliphatic carbocycles. The second-order valence-corrected chi connectivity index (χ2v) is 4.11. The van der Waals surface area contributed by atoms with E-state index in [0.717, 1.165) is 38.1 Å². The van der Waals surface area contributed by atoms with Crippen molar-refractivity contribution in [2.45, 2.75) is 37.9 Å². The molecule has 1 aliphatic rings. The topological polar surface area (TPSA) is 47.3 Å². The lowest BCUT2D eigenvalue weighted by Crippen LogP contribution is -2.25. The number of nitrogens with zero attached hydrogens (tertiary/aromatic N) is 2. The van der Waals surface area contributed by atoms with E-state index in [9.17, 15) is 5.11 Å². The molecule has 15 heavy (non-hydrogen) atoms. The van der Waals surface area contributed by atoms with E-state index in [4.69, 9.17) is 4.74 Å². The largest absolute Gasteiger partial charge is 0.390 e. The first-order valence-electron chi connectivity index (χ1n) is 5.53. The molecule has 1 aromatic heterocycles. The van der Waals surface area contributed by atoms with E-state index in [2.05, 4.69) is 4.98 Å². The Hall–Kier alpha value is -0.870. The average Bonchev–Trinajstić information content (AvgIpc) is 2.85. The molecule has 2 atom stereocenters. The van der Waals surface area contributed by atoms with Gasteiger partial charge < -0.3 is 14.4 Å². The molecule has 0 bridgehead atoms. The third-order valence-corrected chi connectivity index (χ3v) is 2.98. The van der Waals surface area contributed by atoms with Crippen LogP contribution in [-0.4, -0.2) is 33.5 Å². The standard InChI is InChI=1S/C11H18N2O2/c1-13-7-6-12-11(13)5-4-9(14)10-3-2-8-15-10/h6-7,9-10,14H,2-5,8H2,1H3. The fraction of sp³-hybridized carbons (Fsp3) is 0.727. The molecule has 2 rings (SSSR count). The Morgan fingerprint density at radius 1 is 1.73 bits per heavy atom. The summed E-state index contributed by atoms with van der Waals surface area (Å²) in [5.41, 5.74) is 0. The molecule has 1 N–H and O–H groups in total. The van der Waals surface area contributed by atoms with Gasteiger partial charge in [-0.1, -0.05) is 0 Å². The number of ether oxygens (including phenoxy) is 1. The molecule has 0 saturated carbocycles. The van der Waals surface area contributed by atoms with Crippen LogP contribution in [0.5, 0.6) is 0 Å². The highest BCUT2D eigenvalue weighted by atomic mass is 16.5. The highest BCUT2D eigenvalue weighted by Crippen LogP contribution is 2.18. The Kier molecular flexibility index (Phi) is 3.38. The van der Waals surface area contributed by atoms with Crippen molar-refractivity contribution in [3.8, 4) is 0 Å². The summed E-state index contributed by atoms with van der Waals surface area (Å²) in [5.74, 6) is 1.02. The lowest BCUT2D eigenvalue weighted by molar-refractivity contribution is -0.00529. The number of aryl methyl sites for hydroxylation is 2. The number of imidazole rings is 1. The fourth-order valence-electron chi connectivity index (χ4n) is 2.01. The maximum atomic E-state index is 9.88. The van der Waals surface area contributed by atoms with Crippen molar-refractivity contribution in [1.29, 1.82) is 0 Å². The van der Waals surface area contributed by atoms with Crippen LogP contribution in [0.2, 0.25) is 0 Å². The summed E-state index contributed by atoms with van der Waals surface area (Å²) in [6.45, 7) is 0.796.